The van der Waals surface area contributed by atoms with E-state index in [9.17, 15) is 13.2 Å². The first-order valence-corrected chi connectivity index (χ1v) is 9.01. The normalized spacial score (nSPS) is 19.1. The summed E-state index contributed by atoms with van der Waals surface area (Å²) in [6, 6.07) is 6.55. The Bertz CT molecular complexity index is 954. The van der Waals surface area contributed by atoms with Gasteiger partial charge in [0.05, 0.1) is 16.5 Å². The smallest absolute Gasteiger partial charge is 0.293 e. The van der Waals surface area contributed by atoms with Gasteiger partial charge < -0.3 is 0 Å². The predicted molar refractivity (Wildman–Crippen MR) is 85.8 cm³/mol. The molecule has 0 radical (unpaired) electrons. The van der Waals surface area contributed by atoms with Crippen LogP contribution in [0.15, 0.2) is 27.9 Å². The van der Waals surface area contributed by atoms with Gasteiger partial charge in [-0.15, -0.1) is 0 Å². The monoisotopic (exact) mass is 347 g/mol. The second kappa shape index (κ2) is 6.22. The summed E-state index contributed by atoms with van der Waals surface area (Å²) in [4.78, 5) is 14.0. The number of rotatable bonds is 3. The lowest BCUT2D eigenvalue weighted by atomic mass is 9.99. The third-order valence-electron chi connectivity index (χ3n) is 4.21. The molecule has 2 heterocycles. The molecule has 1 fully saturated rings. The third kappa shape index (κ3) is 2.98. The minimum atomic E-state index is -3.66. The van der Waals surface area contributed by atoms with E-state index in [-0.39, 0.29) is 17.4 Å². The quantitative estimate of drug-likeness (QED) is 0.852. The molecule has 1 aromatic carbocycles. The van der Waals surface area contributed by atoms with E-state index in [0.717, 1.165) is 6.42 Å². The van der Waals surface area contributed by atoms with E-state index in [1.807, 2.05) is 6.07 Å². The highest BCUT2D eigenvalue weighted by Gasteiger charge is 2.33. The second-order valence-corrected chi connectivity index (χ2v) is 7.76. The number of aromatic amines is 2. The molecule has 1 aliphatic heterocycles. The molecular weight excluding hydrogens is 330 g/mol. The van der Waals surface area contributed by atoms with Crippen LogP contribution in [-0.4, -0.2) is 41.0 Å². The molecular formula is C15H17N5O3S. The summed E-state index contributed by atoms with van der Waals surface area (Å²) < 4.78 is 27.3. The number of nitrogens with zero attached hydrogens (tertiary/aromatic N) is 3. The fourth-order valence-corrected chi connectivity index (χ4v) is 4.74. The number of aryl methyl sites for hydroxylation is 1. The standard InChI is InChI=1S/C15H17N5O3S/c1-10-7-11(8-16)4-5-13(10)24(22,23)20-6-2-3-12(9-20)14-17-15(21)19-18-14/h4-5,7,12H,2-3,6,9H2,1H3,(H2,17,18,19,21)/t12-/m0/s1. The molecule has 2 N–H and O–H groups in total. The zero-order chi connectivity index (χ0) is 17.3. The van der Waals surface area contributed by atoms with E-state index in [2.05, 4.69) is 15.2 Å². The predicted octanol–water partition coefficient (Wildman–Crippen LogP) is 0.846. The Hall–Kier alpha value is -2.44. The first-order chi connectivity index (χ1) is 11.4. The summed E-state index contributed by atoms with van der Waals surface area (Å²) in [5.74, 6) is 0.336. The van der Waals surface area contributed by atoms with Crippen LogP contribution < -0.4 is 5.69 Å². The number of sulfonamides is 1. The van der Waals surface area contributed by atoms with Gasteiger partial charge in [-0.3, -0.25) is 4.98 Å². The van der Waals surface area contributed by atoms with E-state index in [4.69, 9.17) is 5.26 Å². The van der Waals surface area contributed by atoms with Gasteiger partial charge in [0.1, 0.15) is 5.82 Å². The maximum absolute atomic E-state index is 12.9. The number of benzene rings is 1. The van der Waals surface area contributed by atoms with Crippen molar-refractivity contribution in [3.63, 3.8) is 0 Å². The molecule has 0 saturated carbocycles. The number of nitriles is 1. The first-order valence-electron chi connectivity index (χ1n) is 7.57. The second-order valence-electron chi connectivity index (χ2n) is 5.86. The van der Waals surface area contributed by atoms with Crippen LogP contribution in [0, 0.1) is 18.3 Å². The van der Waals surface area contributed by atoms with Crippen LogP contribution in [0.5, 0.6) is 0 Å². The van der Waals surface area contributed by atoms with Crippen LogP contribution in [0.2, 0.25) is 0 Å². The highest BCUT2D eigenvalue weighted by atomic mass is 32.2. The van der Waals surface area contributed by atoms with E-state index < -0.39 is 15.7 Å². The van der Waals surface area contributed by atoms with Gasteiger partial charge in [-0.05, 0) is 43.5 Å². The summed E-state index contributed by atoms with van der Waals surface area (Å²) in [6.07, 6.45) is 1.45. The maximum atomic E-state index is 12.9. The topological polar surface area (TPSA) is 123 Å². The summed E-state index contributed by atoms with van der Waals surface area (Å²) in [6.45, 7) is 2.37. The Morgan fingerprint density at radius 3 is 2.83 bits per heavy atom. The Labute approximate surface area is 139 Å². The molecule has 0 spiro atoms. The van der Waals surface area contributed by atoms with E-state index in [0.29, 0.717) is 29.9 Å². The molecule has 0 bridgehead atoms. The molecule has 0 unspecified atom stereocenters. The van der Waals surface area contributed by atoms with Crippen molar-refractivity contribution in [3.8, 4) is 6.07 Å². The first kappa shape index (κ1) is 16.4. The van der Waals surface area contributed by atoms with Gasteiger partial charge in [0.2, 0.25) is 10.0 Å². The van der Waals surface area contributed by atoms with Crippen molar-refractivity contribution >= 4 is 10.0 Å². The Morgan fingerprint density at radius 1 is 1.42 bits per heavy atom. The molecule has 24 heavy (non-hydrogen) atoms. The van der Waals surface area contributed by atoms with Crippen LogP contribution in [0.1, 0.15) is 35.7 Å². The van der Waals surface area contributed by atoms with Crippen LogP contribution in [-0.2, 0) is 10.0 Å². The molecule has 1 saturated heterocycles. The van der Waals surface area contributed by atoms with Crippen LogP contribution in [0.4, 0.5) is 0 Å². The van der Waals surface area contributed by atoms with E-state index in [1.54, 1.807) is 13.0 Å². The average Bonchev–Trinajstić information content (AvgIpc) is 3.01. The molecule has 3 rings (SSSR count). The highest BCUT2D eigenvalue weighted by molar-refractivity contribution is 7.89. The fourth-order valence-electron chi connectivity index (χ4n) is 3.01. The Morgan fingerprint density at radius 2 is 2.21 bits per heavy atom. The molecule has 1 aromatic heterocycles. The van der Waals surface area contributed by atoms with Crippen molar-refractivity contribution in [3.05, 3.63) is 45.6 Å². The molecule has 0 amide bonds. The zero-order valence-corrected chi connectivity index (χ0v) is 13.9. The zero-order valence-electron chi connectivity index (χ0n) is 13.1. The van der Waals surface area contributed by atoms with Gasteiger partial charge >= 0.3 is 5.69 Å². The minimum absolute atomic E-state index is 0.147. The number of piperidine rings is 1. The van der Waals surface area contributed by atoms with Gasteiger partial charge in [-0.2, -0.15) is 14.7 Å². The molecule has 0 aliphatic carbocycles. The van der Waals surface area contributed by atoms with Gasteiger partial charge in [0.15, 0.2) is 0 Å². The van der Waals surface area contributed by atoms with Crippen molar-refractivity contribution in [2.45, 2.75) is 30.6 Å². The van der Waals surface area contributed by atoms with Crippen molar-refractivity contribution < 1.29 is 8.42 Å². The lowest BCUT2D eigenvalue weighted by Gasteiger charge is -2.31. The lowest BCUT2D eigenvalue weighted by Crippen LogP contribution is -2.39. The largest absolute Gasteiger partial charge is 0.340 e. The molecule has 126 valence electrons. The van der Waals surface area contributed by atoms with Crippen LogP contribution in [0.25, 0.3) is 0 Å². The Balaban J connectivity index is 1.89. The number of hydrogen-bond acceptors (Lipinski definition) is 5. The number of hydrogen-bond donors (Lipinski definition) is 2. The minimum Gasteiger partial charge on any atom is -0.293 e. The van der Waals surface area contributed by atoms with Crippen molar-refractivity contribution in [1.29, 1.82) is 5.26 Å². The van der Waals surface area contributed by atoms with Crippen molar-refractivity contribution in [1.82, 2.24) is 19.5 Å². The van der Waals surface area contributed by atoms with Crippen LogP contribution >= 0.6 is 0 Å². The van der Waals surface area contributed by atoms with Gasteiger partial charge in [-0.1, -0.05) is 0 Å². The fraction of sp³-hybridized carbons (Fsp3) is 0.400. The molecule has 1 atom stereocenters. The number of nitrogens with one attached hydrogen (secondary N) is 2. The summed E-state index contributed by atoms with van der Waals surface area (Å²) in [7, 11) is -3.66. The van der Waals surface area contributed by atoms with Crippen LogP contribution in [0.3, 0.4) is 0 Å². The van der Waals surface area contributed by atoms with E-state index >= 15 is 0 Å². The lowest BCUT2D eigenvalue weighted by molar-refractivity contribution is 0.309. The summed E-state index contributed by atoms with van der Waals surface area (Å²) in [5.41, 5.74) is 0.578. The maximum Gasteiger partial charge on any atom is 0.340 e. The van der Waals surface area contributed by atoms with Crippen molar-refractivity contribution in [2.24, 2.45) is 0 Å². The Kier molecular flexibility index (Phi) is 4.26. The highest BCUT2D eigenvalue weighted by Crippen LogP contribution is 2.29. The third-order valence-corrected chi connectivity index (χ3v) is 6.24. The number of aromatic nitrogens is 3. The SMILES string of the molecule is Cc1cc(C#N)ccc1S(=O)(=O)N1CCC[C@H](c2n[nH]c(=O)[nH]2)C1. The van der Waals surface area contributed by atoms with Gasteiger partial charge in [-0.25, -0.2) is 18.3 Å². The molecule has 9 heteroatoms. The van der Waals surface area contributed by atoms with Gasteiger partial charge in [0, 0.05) is 19.0 Å². The number of H-pyrrole nitrogens is 2. The molecule has 1 aliphatic rings. The van der Waals surface area contributed by atoms with E-state index in [1.165, 1.54) is 16.4 Å². The average molecular weight is 347 g/mol. The molecule has 8 nitrogen and oxygen atoms in total. The summed E-state index contributed by atoms with van der Waals surface area (Å²) in [5, 5.41) is 15.2. The van der Waals surface area contributed by atoms with Crippen molar-refractivity contribution in [2.75, 3.05) is 13.1 Å². The molecule has 2 aromatic rings. The summed E-state index contributed by atoms with van der Waals surface area (Å²) >= 11 is 0. The van der Waals surface area contributed by atoms with Gasteiger partial charge in [0.25, 0.3) is 0 Å².